The van der Waals surface area contributed by atoms with Crippen molar-refractivity contribution in [2.75, 3.05) is 13.1 Å². The van der Waals surface area contributed by atoms with Gasteiger partial charge < -0.3 is 15.2 Å². The summed E-state index contributed by atoms with van der Waals surface area (Å²) in [6.07, 6.45) is 1.14. The lowest BCUT2D eigenvalue weighted by Crippen LogP contribution is -2.49. The number of rotatable bonds is 5. The fourth-order valence-electron chi connectivity index (χ4n) is 4.74. The predicted octanol–water partition coefficient (Wildman–Crippen LogP) is 5.89. The third kappa shape index (κ3) is 5.68. The number of hydrogen-bond donors (Lipinski definition) is 1. The summed E-state index contributed by atoms with van der Waals surface area (Å²) in [5.41, 5.74) is 12.3. The van der Waals surface area contributed by atoms with Crippen molar-refractivity contribution < 1.29 is 4.39 Å². The van der Waals surface area contributed by atoms with Gasteiger partial charge in [0, 0.05) is 41.9 Å². The number of nitrogens with two attached hydrogens (primary N) is 1. The molecular formula is C29H40FN4P. The van der Waals surface area contributed by atoms with Crippen LogP contribution in [0.2, 0.25) is 0 Å². The molecule has 2 heterocycles. The number of benzene rings is 2. The molecule has 6 heteroatoms. The molecule has 1 aromatic heterocycles. The molecule has 0 saturated heterocycles. The van der Waals surface area contributed by atoms with E-state index in [4.69, 9.17) is 10.7 Å². The Balaban J connectivity index is 0.000000320. The highest BCUT2D eigenvalue weighted by atomic mass is 31.0. The Kier molecular flexibility index (Phi) is 8.56. The zero-order valence-electron chi connectivity index (χ0n) is 22.0. The summed E-state index contributed by atoms with van der Waals surface area (Å²) in [7, 11) is 2.46. The number of halogens is 1. The van der Waals surface area contributed by atoms with E-state index in [2.05, 4.69) is 91.1 Å². The standard InChI is InChI=1S/C20H28FN4P.C9H12/c1-12(2)18-17(14-6-7-15(21)16(26)10-14)23-19-20(4,5)25(13(3)11-22)9-8-24(18)19;1-3-9-6-4-8(2)5-7-9/h6-7,10,12H,3,8-9,11,22,26H2,1-2,4-5H3;4-7H,3H2,1-2H3. The van der Waals surface area contributed by atoms with Gasteiger partial charge in [0.1, 0.15) is 11.6 Å². The van der Waals surface area contributed by atoms with Gasteiger partial charge in [-0.25, -0.2) is 9.37 Å². The Morgan fingerprint density at radius 1 is 1.17 bits per heavy atom. The van der Waals surface area contributed by atoms with Gasteiger partial charge in [0.05, 0.1) is 11.2 Å². The Morgan fingerprint density at radius 3 is 2.37 bits per heavy atom. The molecule has 4 nitrogen and oxygen atoms in total. The maximum absolute atomic E-state index is 13.7. The second-order valence-corrected chi connectivity index (χ2v) is 10.7. The molecule has 35 heavy (non-hydrogen) atoms. The van der Waals surface area contributed by atoms with Crippen LogP contribution in [0.5, 0.6) is 0 Å². The molecule has 2 N–H and O–H groups in total. The quantitative estimate of drug-likeness (QED) is 0.450. The van der Waals surface area contributed by atoms with Crippen LogP contribution in [0.3, 0.4) is 0 Å². The van der Waals surface area contributed by atoms with Crippen molar-refractivity contribution in [1.29, 1.82) is 0 Å². The number of aromatic nitrogens is 2. The monoisotopic (exact) mass is 494 g/mol. The van der Waals surface area contributed by atoms with Crippen molar-refractivity contribution in [3.63, 3.8) is 0 Å². The van der Waals surface area contributed by atoms with E-state index in [1.54, 1.807) is 0 Å². The smallest absolute Gasteiger partial charge is 0.135 e. The summed E-state index contributed by atoms with van der Waals surface area (Å²) in [6.45, 7) is 19.2. The lowest BCUT2D eigenvalue weighted by molar-refractivity contribution is 0.116. The molecule has 4 rings (SSSR count). The molecule has 1 aliphatic rings. The maximum atomic E-state index is 13.7. The highest BCUT2D eigenvalue weighted by Gasteiger charge is 2.39. The molecule has 1 atom stereocenters. The molecule has 0 saturated carbocycles. The normalized spacial score (nSPS) is 14.4. The highest BCUT2D eigenvalue weighted by molar-refractivity contribution is 7.27. The molecule has 0 spiro atoms. The van der Waals surface area contributed by atoms with Gasteiger partial charge in [0.15, 0.2) is 0 Å². The van der Waals surface area contributed by atoms with E-state index in [1.807, 2.05) is 12.1 Å². The molecule has 0 bridgehead atoms. The Hall–Kier alpha value is -2.49. The minimum Gasteiger partial charge on any atom is -0.360 e. The molecule has 0 fully saturated rings. The Morgan fingerprint density at radius 2 is 1.83 bits per heavy atom. The number of nitrogens with zero attached hydrogens (tertiary/aromatic N) is 3. The van der Waals surface area contributed by atoms with E-state index in [1.165, 1.54) is 22.9 Å². The summed E-state index contributed by atoms with van der Waals surface area (Å²) in [5, 5.41) is 0.556. The number of fused-ring (bicyclic) bond motifs is 1. The van der Waals surface area contributed by atoms with Crippen molar-refractivity contribution in [2.45, 2.75) is 66.0 Å². The second-order valence-electron chi connectivity index (χ2n) is 10.0. The number of hydrogen-bond acceptors (Lipinski definition) is 3. The third-order valence-electron chi connectivity index (χ3n) is 6.74. The van der Waals surface area contributed by atoms with Gasteiger partial charge in [0.25, 0.3) is 0 Å². The van der Waals surface area contributed by atoms with Gasteiger partial charge >= 0.3 is 0 Å². The molecular weight excluding hydrogens is 454 g/mol. The van der Waals surface area contributed by atoms with Gasteiger partial charge in [-0.05, 0) is 56.9 Å². The van der Waals surface area contributed by atoms with Crippen LogP contribution < -0.4 is 11.0 Å². The van der Waals surface area contributed by atoms with E-state index in [0.717, 1.165) is 42.3 Å². The van der Waals surface area contributed by atoms with Crippen molar-refractivity contribution in [1.82, 2.24) is 14.5 Å². The SMILES string of the molecule is C=C(CN)N1CCn2c(nc(-c3ccc(F)c(P)c3)c2C(C)C)C1(C)C.CCc1ccc(C)cc1. The molecule has 0 amide bonds. The minimum atomic E-state index is -0.305. The molecule has 0 radical (unpaired) electrons. The van der Waals surface area contributed by atoms with E-state index in [0.29, 0.717) is 17.8 Å². The van der Waals surface area contributed by atoms with Crippen LogP contribution >= 0.6 is 9.24 Å². The van der Waals surface area contributed by atoms with Crippen molar-refractivity contribution in [2.24, 2.45) is 5.73 Å². The first-order valence-corrected chi connectivity index (χ1v) is 13.0. The molecule has 1 unspecified atom stereocenters. The van der Waals surface area contributed by atoms with Gasteiger partial charge in [-0.2, -0.15) is 0 Å². The zero-order chi connectivity index (χ0) is 25.9. The van der Waals surface area contributed by atoms with Gasteiger partial charge in [-0.15, -0.1) is 9.24 Å². The summed E-state index contributed by atoms with van der Waals surface area (Å²) >= 11 is 0. The average Bonchev–Trinajstić information content (AvgIpc) is 3.23. The van der Waals surface area contributed by atoms with Crippen molar-refractivity contribution in [3.8, 4) is 11.3 Å². The maximum Gasteiger partial charge on any atom is 0.135 e. The van der Waals surface area contributed by atoms with Crippen LogP contribution in [0.15, 0.2) is 54.7 Å². The van der Waals surface area contributed by atoms with Crippen LogP contribution in [0.25, 0.3) is 11.3 Å². The first kappa shape index (κ1) is 27.1. The fourth-order valence-corrected chi connectivity index (χ4v) is 5.01. The highest BCUT2D eigenvalue weighted by Crippen LogP contribution is 2.39. The Bertz CT molecular complexity index is 1180. The molecule has 3 aromatic rings. The lowest BCUT2D eigenvalue weighted by atomic mass is 9.97. The largest absolute Gasteiger partial charge is 0.360 e. The fraction of sp³-hybridized carbons (Fsp3) is 0.414. The van der Waals surface area contributed by atoms with E-state index in [-0.39, 0.29) is 11.4 Å². The second kappa shape index (κ2) is 11.1. The molecule has 2 aromatic carbocycles. The van der Waals surface area contributed by atoms with Crippen LogP contribution in [0.4, 0.5) is 4.39 Å². The lowest BCUT2D eigenvalue weighted by Gasteiger charge is -2.45. The van der Waals surface area contributed by atoms with Crippen molar-refractivity contribution in [3.05, 3.63) is 83.2 Å². The molecule has 1 aliphatic heterocycles. The summed E-state index contributed by atoms with van der Waals surface area (Å²) in [6, 6.07) is 13.8. The van der Waals surface area contributed by atoms with Crippen LogP contribution in [0, 0.1) is 12.7 Å². The van der Waals surface area contributed by atoms with Crippen LogP contribution in [0.1, 0.15) is 63.2 Å². The van der Waals surface area contributed by atoms with E-state index in [9.17, 15) is 4.39 Å². The number of aryl methyl sites for hydroxylation is 2. The van der Waals surface area contributed by atoms with Gasteiger partial charge in [0.2, 0.25) is 0 Å². The predicted molar refractivity (Wildman–Crippen MR) is 150 cm³/mol. The Labute approximate surface area is 212 Å². The molecule has 188 valence electrons. The first-order valence-electron chi connectivity index (χ1n) is 12.4. The molecule has 0 aliphatic carbocycles. The van der Waals surface area contributed by atoms with Gasteiger partial charge in [-0.3, -0.25) is 0 Å². The summed E-state index contributed by atoms with van der Waals surface area (Å²) in [5.74, 6) is 1.09. The number of imidazole rings is 1. The van der Waals surface area contributed by atoms with E-state index >= 15 is 0 Å². The minimum absolute atomic E-state index is 0.223. The summed E-state index contributed by atoms with van der Waals surface area (Å²) < 4.78 is 16.1. The van der Waals surface area contributed by atoms with Crippen LogP contribution in [-0.4, -0.2) is 27.5 Å². The van der Waals surface area contributed by atoms with Crippen molar-refractivity contribution >= 4 is 14.5 Å². The van der Waals surface area contributed by atoms with E-state index < -0.39 is 0 Å². The van der Waals surface area contributed by atoms with Gasteiger partial charge in [-0.1, -0.05) is 57.2 Å². The average molecular weight is 495 g/mol. The third-order valence-corrected chi connectivity index (χ3v) is 7.18. The zero-order valence-corrected chi connectivity index (χ0v) is 23.2. The first-order chi connectivity index (χ1) is 16.5. The topological polar surface area (TPSA) is 47.1 Å². The van der Waals surface area contributed by atoms with Crippen LogP contribution in [-0.2, 0) is 18.5 Å². The summed E-state index contributed by atoms with van der Waals surface area (Å²) in [4.78, 5) is 7.29.